The molecule has 2 unspecified atom stereocenters. The zero-order chi connectivity index (χ0) is 58.5. The van der Waals surface area contributed by atoms with Crippen molar-refractivity contribution >= 4 is 11.9 Å². The van der Waals surface area contributed by atoms with E-state index in [2.05, 4.69) is 31.3 Å². The molecule has 0 aliphatic carbocycles. The number of rotatable bonds is 71. The van der Waals surface area contributed by atoms with Gasteiger partial charge in [-0.25, -0.2) is 0 Å². The Morgan fingerprint density at radius 3 is 0.877 bits per heavy atom. The van der Waals surface area contributed by atoms with Gasteiger partial charge in [-0.05, 0) is 51.4 Å². The third kappa shape index (κ3) is 67.6. The maximum atomic E-state index is 12.5. The van der Waals surface area contributed by atoms with Crippen molar-refractivity contribution in [1.29, 1.82) is 0 Å². The van der Waals surface area contributed by atoms with Gasteiger partial charge in [0.2, 0.25) is 5.91 Å². The van der Waals surface area contributed by atoms with Crippen LogP contribution in [0.3, 0.4) is 0 Å². The lowest BCUT2D eigenvalue weighted by molar-refractivity contribution is -0.143. The lowest BCUT2D eigenvalue weighted by Crippen LogP contribution is -2.45. The Labute approximate surface area is 508 Å². The Morgan fingerprint density at radius 2 is 0.580 bits per heavy atom. The molecule has 0 aromatic heterocycles. The standard InChI is InChI=1S/C75H147NO5/c1-3-5-7-9-11-13-15-17-19-37-40-43-47-51-55-59-63-67-73(78)72(71-77)76-74(79)68-64-60-56-52-48-44-41-38-35-33-31-29-27-25-23-21-20-22-24-26-28-30-32-34-36-39-42-46-50-54-58-62-66-70-81-75(80)69-65-61-57-53-49-45-18-16-14-12-10-8-6-4-2/h24,26,72-73,77-78H,3-23,25,27-71H2,1-2H3,(H,76,79)/b26-24-. The Bertz CT molecular complexity index is 1220. The molecule has 0 aliphatic rings. The number of amides is 1. The minimum Gasteiger partial charge on any atom is -0.466 e. The van der Waals surface area contributed by atoms with Gasteiger partial charge in [0.25, 0.3) is 0 Å². The van der Waals surface area contributed by atoms with Gasteiger partial charge in [-0.2, -0.15) is 0 Å². The Morgan fingerprint density at radius 1 is 0.333 bits per heavy atom. The summed E-state index contributed by atoms with van der Waals surface area (Å²) >= 11 is 0. The third-order valence-corrected chi connectivity index (χ3v) is 17.8. The molecule has 0 saturated carbocycles. The lowest BCUT2D eigenvalue weighted by Gasteiger charge is -2.22. The van der Waals surface area contributed by atoms with Crippen LogP contribution in [0.2, 0.25) is 0 Å². The molecular formula is C75H147NO5. The van der Waals surface area contributed by atoms with E-state index in [-0.39, 0.29) is 18.5 Å². The summed E-state index contributed by atoms with van der Waals surface area (Å²) in [5.41, 5.74) is 0. The predicted octanol–water partition coefficient (Wildman–Crippen LogP) is 24.3. The average molecular weight is 1140 g/mol. The zero-order valence-corrected chi connectivity index (χ0v) is 55.3. The van der Waals surface area contributed by atoms with Crippen LogP contribution in [0.25, 0.3) is 0 Å². The van der Waals surface area contributed by atoms with Gasteiger partial charge in [0.1, 0.15) is 0 Å². The number of hydrogen-bond donors (Lipinski definition) is 3. The van der Waals surface area contributed by atoms with Crippen LogP contribution in [0.5, 0.6) is 0 Å². The minimum absolute atomic E-state index is 0.0220. The molecule has 2 atom stereocenters. The van der Waals surface area contributed by atoms with Crippen LogP contribution in [0.15, 0.2) is 12.2 Å². The van der Waals surface area contributed by atoms with Crippen LogP contribution in [0.1, 0.15) is 431 Å². The van der Waals surface area contributed by atoms with Crippen LogP contribution in [-0.4, -0.2) is 47.4 Å². The van der Waals surface area contributed by atoms with Gasteiger partial charge in [-0.15, -0.1) is 0 Å². The molecule has 3 N–H and O–H groups in total. The molecule has 0 rings (SSSR count). The molecule has 0 spiro atoms. The van der Waals surface area contributed by atoms with Crippen molar-refractivity contribution < 1.29 is 24.5 Å². The maximum Gasteiger partial charge on any atom is 0.305 e. The second kappa shape index (κ2) is 71.1. The van der Waals surface area contributed by atoms with Crippen molar-refractivity contribution in [1.82, 2.24) is 5.32 Å². The third-order valence-electron chi connectivity index (χ3n) is 17.8. The Hall–Kier alpha value is -1.40. The first kappa shape index (κ1) is 79.6. The van der Waals surface area contributed by atoms with E-state index in [9.17, 15) is 19.8 Å². The summed E-state index contributed by atoms with van der Waals surface area (Å²) in [6.45, 7) is 5.00. The summed E-state index contributed by atoms with van der Waals surface area (Å²) < 4.78 is 5.50. The summed E-state index contributed by atoms with van der Waals surface area (Å²) in [6.07, 6.45) is 88.6. The SMILES string of the molecule is CCCCCCCCCCCCCCCCCCCC(O)C(CO)NC(=O)CCCCCCCCCCCCCCCCCCC/C=C\CCCCCCCCCCCCCCOC(=O)CCCCCCCCCCCCCCCC. The zero-order valence-electron chi connectivity index (χ0n) is 55.3. The highest BCUT2D eigenvalue weighted by Gasteiger charge is 2.20. The number of allylic oxidation sites excluding steroid dienone is 2. The summed E-state index contributed by atoms with van der Waals surface area (Å²) in [4.78, 5) is 24.6. The van der Waals surface area contributed by atoms with E-state index in [1.807, 2.05) is 0 Å². The molecule has 0 fully saturated rings. The molecule has 1 amide bonds. The van der Waals surface area contributed by atoms with E-state index in [0.29, 0.717) is 25.9 Å². The van der Waals surface area contributed by atoms with Gasteiger partial charge in [0.15, 0.2) is 0 Å². The molecule has 0 aliphatic heterocycles. The minimum atomic E-state index is -0.662. The van der Waals surface area contributed by atoms with Crippen LogP contribution < -0.4 is 5.32 Å². The van der Waals surface area contributed by atoms with Crippen LogP contribution in [0, 0.1) is 0 Å². The number of esters is 1. The average Bonchev–Trinajstić information content (AvgIpc) is 3.47. The van der Waals surface area contributed by atoms with Gasteiger partial charge in [0, 0.05) is 12.8 Å². The van der Waals surface area contributed by atoms with Crippen molar-refractivity contribution in [3.8, 4) is 0 Å². The first-order valence-corrected chi connectivity index (χ1v) is 37.4. The van der Waals surface area contributed by atoms with Gasteiger partial charge < -0.3 is 20.3 Å². The molecule has 0 saturated heterocycles. The predicted molar refractivity (Wildman–Crippen MR) is 357 cm³/mol. The first-order chi connectivity index (χ1) is 40.0. The molecule has 0 bridgehead atoms. The van der Waals surface area contributed by atoms with Crippen molar-refractivity contribution in [3.63, 3.8) is 0 Å². The topological polar surface area (TPSA) is 95.9 Å². The number of carbonyl (C=O) groups is 2. The Balaban J connectivity index is 3.33. The van der Waals surface area contributed by atoms with E-state index in [1.54, 1.807) is 0 Å². The number of hydrogen-bond acceptors (Lipinski definition) is 5. The smallest absolute Gasteiger partial charge is 0.305 e. The largest absolute Gasteiger partial charge is 0.466 e. The molecule has 0 heterocycles. The van der Waals surface area contributed by atoms with Crippen molar-refractivity contribution in [2.24, 2.45) is 0 Å². The van der Waals surface area contributed by atoms with Gasteiger partial charge in [-0.1, -0.05) is 379 Å². The van der Waals surface area contributed by atoms with E-state index in [4.69, 9.17) is 4.74 Å². The van der Waals surface area contributed by atoms with E-state index < -0.39 is 12.1 Å². The maximum absolute atomic E-state index is 12.5. The molecule has 0 aromatic carbocycles. The normalized spacial score (nSPS) is 12.5. The van der Waals surface area contributed by atoms with Crippen LogP contribution in [0.4, 0.5) is 0 Å². The summed E-state index contributed by atoms with van der Waals surface area (Å²) in [5.74, 6) is -0.00552. The summed E-state index contributed by atoms with van der Waals surface area (Å²) in [6, 6.07) is -0.539. The number of ether oxygens (including phenoxy) is 1. The van der Waals surface area contributed by atoms with Gasteiger partial charge in [-0.3, -0.25) is 9.59 Å². The number of nitrogens with one attached hydrogen (secondary N) is 1. The highest BCUT2D eigenvalue weighted by molar-refractivity contribution is 5.76. The number of aliphatic hydroxyl groups is 2. The number of aliphatic hydroxyl groups excluding tert-OH is 2. The van der Waals surface area contributed by atoms with Crippen molar-refractivity contribution in [2.75, 3.05) is 13.2 Å². The second-order valence-electron chi connectivity index (χ2n) is 26.0. The second-order valence-corrected chi connectivity index (χ2v) is 26.0. The monoisotopic (exact) mass is 1140 g/mol. The quantitative estimate of drug-likeness (QED) is 0.0320. The molecular weight excluding hydrogens is 995 g/mol. The van der Waals surface area contributed by atoms with E-state index >= 15 is 0 Å². The van der Waals surface area contributed by atoms with Crippen LogP contribution in [-0.2, 0) is 14.3 Å². The molecule has 0 aromatic rings. The highest BCUT2D eigenvalue weighted by atomic mass is 16.5. The fraction of sp³-hybridized carbons (Fsp3) is 0.947. The fourth-order valence-electron chi connectivity index (χ4n) is 12.1. The summed E-state index contributed by atoms with van der Waals surface area (Å²) in [7, 11) is 0. The van der Waals surface area contributed by atoms with E-state index in [1.165, 1.54) is 360 Å². The Kier molecular flexibility index (Phi) is 69.9. The van der Waals surface area contributed by atoms with E-state index in [0.717, 1.165) is 38.5 Å². The van der Waals surface area contributed by atoms with Gasteiger partial charge in [0.05, 0.1) is 25.4 Å². The molecule has 6 nitrogen and oxygen atoms in total. The van der Waals surface area contributed by atoms with Crippen molar-refractivity contribution in [3.05, 3.63) is 12.2 Å². The molecule has 482 valence electrons. The number of carbonyl (C=O) groups excluding carboxylic acids is 2. The lowest BCUT2D eigenvalue weighted by atomic mass is 10.0. The van der Waals surface area contributed by atoms with Crippen molar-refractivity contribution in [2.45, 2.75) is 443 Å². The summed E-state index contributed by atoms with van der Waals surface area (Å²) in [5, 5.41) is 23.4. The molecule has 0 radical (unpaired) electrons. The van der Waals surface area contributed by atoms with Gasteiger partial charge >= 0.3 is 5.97 Å². The van der Waals surface area contributed by atoms with Crippen LogP contribution >= 0.6 is 0 Å². The molecule has 6 heteroatoms. The first-order valence-electron chi connectivity index (χ1n) is 37.4. The highest BCUT2D eigenvalue weighted by Crippen LogP contribution is 2.20. The molecule has 81 heavy (non-hydrogen) atoms. The number of unbranched alkanes of at least 4 members (excludes halogenated alkanes) is 58. The fourth-order valence-corrected chi connectivity index (χ4v) is 12.1.